The minimum atomic E-state index is 0. The lowest BCUT2D eigenvalue weighted by Gasteiger charge is -1.88. The number of hydrogen-bond acceptors (Lipinski definition) is 1. The van der Waals surface area contributed by atoms with Crippen LogP contribution in [-0.4, -0.2) is 4.98 Å². The molecule has 0 saturated heterocycles. The highest BCUT2D eigenvalue weighted by Gasteiger charge is 1.84. The standard InChI is InChI=1S/C6H6ClN.CH4/c1-5-4-6(7)2-3-8-5;/h2-4H,1H3;1H4. The first kappa shape index (κ1) is 8.44. The van der Waals surface area contributed by atoms with Gasteiger partial charge in [-0.05, 0) is 19.1 Å². The summed E-state index contributed by atoms with van der Waals surface area (Å²) in [6.07, 6.45) is 1.69. The maximum absolute atomic E-state index is 5.60. The Bertz CT molecular complexity index is 169. The van der Waals surface area contributed by atoms with Crippen LogP contribution in [0.3, 0.4) is 0 Å². The molecule has 0 aromatic carbocycles. The largest absolute Gasteiger partial charge is 0.262 e. The molecule has 50 valence electrons. The van der Waals surface area contributed by atoms with E-state index in [9.17, 15) is 0 Å². The predicted octanol–water partition coefficient (Wildman–Crippen LogP) is 2.68. The van der Waals surface area contributed by atoms with Gasteiger partial charge in [0.25, 0.3) is 0 Å². The molecule has 0 aliphatic carbocycles. The van der Waals surface area contributed by atoms with Crippen LogP contribution in [0.4, 0.5) is 0 Å². The molecule has 0 aliphatic rings. The van der Waals surface area contributed by atoms with Crippen molar-refractivity contribution in [3.05, 3.63) is 29.0 Å². The number of nitrogens with zero attached hydrogens (tertiary/aromatic N) is 1. The van der Waals surface area contributed by atoms with Gasteiger partial charge in [-0.1, -0.05) is 19.0 Å². The van der Waals surface area contributed by atoms with Crippen LogP contribution < -0.4 is 0 Å². The van der Waals surface area contributed by atoms with E-state index in [1.807, 2.05) is 13.0 Å². The Balaban J connectivity index is 0.000000640. The summed E-state index contributed by atoms with van der Waals surface area (Å²) in [7, 11) is 0. The summed E-state index contributed by atoms with van der Waals surface area (Å²) in [5.41, 5.74) is 0.956. The number of aromatic nitrogens is 1. The Hall–Kier alpha value is -0.560. The molecule has 0 atom stereocenters. The maximum atomic E-state index is 5.60. The summed E-state index contributed by atoms with van der Waals surface area (Å²) in [5, 5.41) is 0.748. The van der Waals surface area contributed by atoms with Crippen LogP contribution in [0.25, 0.3) is 0 Å². The van der Waals surface area contributed by atoms with Gasteiger partial charge in [-0.2, -0.15) is 0 Å². The molecule has 1 heterocycles. The molecule has 1 aromatic rings. The smallest absolute Gasteiger partial charge is 0.0439 e. The molecule has 0 amide bonds. The molecular formula is C7H10ClN. The van der Waals surface area contributed by atoms with Gasteiger partial charge in [0.2, 0.25) is 0 Å². The highest BCUT2D eigenvalue weighted by molar-refractivity contribution is 6.30. The van der Waals surface area contributed by atoms with Crippen molar-refractivity contribution in [2.75, 3.05) is 0 Å². The SMILES string of the molecule is C.Cc1cc(Cl)ccn1. The number of pyridine rings is 1. The lowest BCUT2D eigenvalue weighted by Crippen LogP contribution is -1.75. The van der Waals surface area contributed by atoms with Crippen LogP contribution in [0.15, 0.2) is 18.3 Å². The van der Waals surface area contributed by atoms with E-state index >= 15 is 0 Å². The van der Waals surface area contributed by atoms with Crippen LogP contribution in [-0.2, 0) is 0 Å². The Labute approximate surface area is 60.7 Å². The first-order valence-electron chi connectivity index (χ1n) is 2.37. The maximum Gasteiger partial charge on any atom is 0.0439 e. The van der Waals surface area contributed by atoms with Crippen molar-refractivity contribution in [1.29, 1.82) is 0 Å². The molecule has 0 N–H and O–H groups in total. The third kappa shape index (κ3) is 2.47. The van der Waals surface area contributed by atoms with Gasteiger partial charge in [0, 0.05) is 16.9 Å². The zero-order valence-electron chi connectivity index (χ0n) is 4.56. The van der Waals surface area contributed by atoms with Crippen molar-refractivity contribution in [1.82, 2.24) is 4.98 Å². The predicted molar refractivity (Wildman–Crippen MR) is 40.7 cm³/mol. The number of halogens is 1. The molecule has 0 aliphatic heterocycles. The average Bonchev–Trinajstić information content (AvgIpc) is 1.64. The normalized spacial score (nSPS) is 8.22. The fourth-order valence-electron chi connectivity index (χ4n) is 0.511. The quantitative estimate of drug-likeness (QED) is 0.544. The topological polar surface area (TPSA) is 12.9 Å². The molecule has 2 heteroatoms. The van der Waals surface area contributed by atoms with Gasteiger partial charge in [0.15, 0.2) is 0 Å². The second-order valence-electron chi connectivity index (χ2n) is 1.62. The molecule has 0 unspecified atom stereocenters. The first-order chi connectivity index (χ1) is 3.79. The monoisotopic (exact) mass is 143 g/mol. The van der Waals surface area contributed by atoms with Gasteiger partial charge in [0.1, 0.15) is 0 Å². The van der Waals surface area contributed by atoms with E-state index < -0.39 is 0 Å². The van der Waals surface area contributed by atoms with Gasteiger partial charge in [0.05, 0.1) is 0 Å². The van der Waals surface area contributed by atoms with Gasteiger partial charge >= 0.3 is 0 Å². The van der Waals surface area contributed by atoms with Gasteiger partial charge < -0.3 is 0 Å². The molecule has 1 aromatic heterocycles. The van der Waals surface area contributed by atoms with Crippen molar-refractivity contribution >= 4 is 11.6 Å². The van der Waals surface area contributed by atoms with E-state index in [-0.39, 0.29) is 7.43 Å². The van der Waals surface area contributed by atoms with Crippen LogP contribution in [0.2, 0.25) is 5.02 Å². The molecule has 1 nitrogen and oxygen atoms in total. The van der Waals surface area contributed by atoms with Crippen LogP contribution >= 0.6 is 11.6 Å². The second kappa shape index (κ2) is 3.46. The Kier molecular flexibility index (Phi) is 3.25. The molecule has 0 fully saturated rings. The lowest BCUT2D eigenvalue weighted by atomic mass is 10.4. The fraction of sp³-hybridized carbons (Fsp3) is 0.286. The van der Waals surface area contributed by atoms with Crippen LogP contribution in [0.5, 0.6) is 0 Å². The molecule has 0 spiro atoms. The van der Waals surface area contributed by atoms with Gasteiger partial charge in [-0.15, -0.1) is 0 Å². The molecular weight excluding hydrogens is 134 g/mol. The van der Waals surface area contributed by atoms with Crippen LogP contribution in [0.1, 0.15) is 13.1 Å². The lowest BCUT2D eigenvalue weighted by molar-refractivity contribution is 1.20. The second-order valence-corrected chi connectivity index (χ2v) is 2.05. The zero-order chi connectivity index (χ0) is 5.98. The summed E-state index contributed by atoms with van der Waals surface area (Å²) in [4.78, 5) is 3.96. The van der Waals surface area contributed by atoms with Crippen molar-refractivity contribution in [2.45, 2.75) is 14.4 Å². The minimum Gasteiger partial charge on any atom is -0.262 e. The number of rotatable bonds is 0. The summed E-state index contributed by atoms with van der Waals surface area (Å²) >= 11 is 5.60. The van der Waals surface area contributed by atoms with Crippen molar-refractivity contribution < 1.29 is 0 Å². The summed E-state index contributed by atoms with van der Waals surface area (Å²) in [6, 6.07) is 3.58. The molecule has 0 bridgehead atoms. The molecule has 9 heavy (non-hydrogen) atoms. The average molecular weight is 144 g/mol. The third-order valence-corrected chi connectivity index (χ3v) is 1.09. The zero-order valence-corrected chi connectivity index (χ0v) is 5.31. The minimum absolute atomic E-state index is 0. The van der Waals surface area contributed by atoms with Gasteiger partial charge in [-0.3, -0.25) is 4.98 Å². The molecule has 0 saturated carbocycles. The first-order valence-corrected chi connectivity index (χ1v) is 2.75. The highest BCUT2D eigenvalue weighted by Crippen LogP contribution is 2.05. The molecule has 0 radical (unpaired) electrons. The third-order valence-electron chi connectivity index (χ3n) is 0.859. The number of hydrogen-bond donors (Lipinski definition) is 0. The highest BCUT2D eigenvalue weighted by atomic mass is 35.5. The van der Waals surface area contributed by atoms with Gasteiger partial charge in [-0.25, -0.2) is 0 Å². The number of aryl methyl sites for hydroxylation is 1. The summed E-state index contributed by atoms with van der Waals surface area (Å²) < 4.78 is 0. The summed E-state index contributed by atoms with van der Waals surface area (Å²) in [5.74, 6) is 0. The molecule has 1 rings (SSSR count). The Morgan fingerprint density at radius 3 is 2.56 bits per heavy atom. The van der Waals surface area contributed by atoms with E-state index in [1.165, 1.54) is 0 Å². The van der Waals surface area contributed by atoms with Crippen molar-refractivity contribution in [2.24, 2.45) is 0 Å². The van der Waals surface area contributed by atoms with E-state index in [1.54, 1.807) is 12.3 Å². The van der Waals surface area contributed by atoms with Crippen LogP contribution in [0, 0.1) is 6.92 Å². The van der Waals surface area contributed by atoms with E-state index in [2.05, 4.69) is 4.98 Å². The fourth-order valence-corrected chi connectivity index (χ4v) is 0.725. The van der Waals surface area contributed by atoms with Crippen molar-refractivity contribution in [3.63, 3.8) is 0 Å². The summed E-state index contributed by atoms with van der Waals surface area (Å²) in [6.45, 7) is 1.91. The van der Waals surface area contributed by atoms with E-state index in [0.717, 1.165) is 10.7 Å². The Morgan fingerprint density at radius 2 is 2.22 bits per heavy atom. The van der Waals surface area contributed by atoms with Crippen molar-refractivity contribution in [3.8, 4) is 0 Å². The van der Waals surface area contributed by atoms with E-state index in [4.69, 9.17) is 11.6 Å². The Morgan fingerprint density at radius 1 is 1.56 bits per heavy atom. The van der Waals surface area contributed by atoms with E-state index in [0.29, 0.717) is 0 Å².